The fraction of sp³-hybridized carbons (Fsp3) is 0.200. The SMILES string of the molecule is CCOc1cc(C=C(Cl)Cl)ccc1O. The Bertz CT molecular complexity index is 344. The zero-order valence-corrected chi connectivity index (χ0v) is 9.14. The summed E-state index contributed by atoms with van der Waals surface area (Å²) in [4.78, 5) is 0. The van der Waals surface area contributed by atoms with Crippen LogP contribution in [0.5, 0.6) is 11.5 Å². The van der Waals surface area contributed by atoms with Gasteiger partial charge >= 0.3 is 0 Å². The molecule has 0 unspecified atom stereocenters. The number of ether oxygens (including phenoxy) is 1. The Balaban J connectivity index is 3.00. The van der Waals surface area contributed by atoms with Crippen LogP contribution in [0.25, 0.3) is 6.08 Å². The van der Waals surface area contributed by atoms with E-state index in [2.05, 4.69) is 0 Å². The van der Waals surface area contributed by atoms with Crippen LogP contribution in [0.2, 0.25) is 0 Å². The van der Waals surface area contributed by atoms with Crippen molar-refractivity contribution in [2.24, 2.45) is 0 Å². The molecule has 1 rings (SSSR count). The number of hydrogen-bond acceptors (Lipinski definition) is 2. The van der Waals surface area contributed by atoms with Gasteiger partial charge in [-0.25, -0.2) is 0 Å². The van der Waals surface area contributed by atoms with Gasteiger partial charge in [-0.05, 0) is 30.7 Å². The maximum absolute atomic E-state index is 9.39. The molecule has 76 valence electrons. The topological polar surface area (TPSA) is 29.5 Å². The van der Waals surface area contributed by atoms with Crippen molar-refractivity contribution in [1.82, 2.24) is 0 Å². The standard InChI is InChI=1S/C10H10Cl2O2/c1-2-14-9-5-7(6-10(11)12)3-4-8(9)13/h3-6,13H,2H2,1H3. The molecule has 14 heavy (non-hydrogen) atoms. The third kappa shape index (κ3) is 3.13. The third-order valence-electron chi connectivity index (χ3n) is 1.56. The van der Waals surface area contributed by atoms with Crippen molar-refractivity contribution in [3.63, 3.8) is 0 Å². The highest BCUT2D eigenvalue weighted by Crippen LogP contribution is 2.28. The maximum Gasteiger partial charge on any atom is 0.161 e. The van der Waals surface area contributed by atoms with Crippen molar-refractivity contribution in [2.75, 3.05) is 6.61 Å². The molecule has 2 nitrogen and oxygen atoms in total. The van der Waals surface area contributed by atoms with E-state index in [1.165, 1.54) is 6.07 Å². The first-order chi connectivity index (χ1) is 6.63. The number of aromatic hydroxyl groups is 1. The van der Waals surface area contributed by atoms with Gasteiger partial charge in [0.05, 0.1) is 6.61 Å². The molecule has 0 heterocycles. The molecule has 0 amide bonds. The molecule has 4 heteroatoms. The van der Waals surface area contributed by atoms with E-state index in [0.717, 1.165) is 5.56 Å². The van der Waals surface area contributed by atoms with Crippen LogP contribution in [0, 0.1) is 0 Å². The van der Waals surface area contributed by atoms with Gasteiger partial charge in [0.1, 0.15) is 4.49 Å². The predicted molar refractivity (Wildman–Crippen MR) is 59.0 cm³/mol. The van der Waals surface area contributed by atoms with Crippen molar-refractivity contribution in [1.29, 1.82) is 0 Å². The summed E-state index contributed by atoms with van der Waals surface area (Å²) in [7, 11) is 0. The summed E-state index contributed by atoms with van der Waals surface area (Å²) in [6, 6.07) is 4.90. The number of halogens is 2. The average Bonchev–Trinajstić information content (AvgIpc) is 2.10. The van der Waals surface area contributed by atoms with Crippen LogP contribution in [0.15, 0.2) is 22.7 Å². The molecular formula is C10H10Cl2O2. The highest BCUT2D eigenvalue weighted by molar-refractivity contribution is 6.57. The van der Waals surface area contributed by atoms with Crippen molar-refractivity contribution in [3.05, 3.63) is 28.3 Å². The number of phenolic OH excluding ortho intramolecular Hbond substituents is 1. The van der Waals surface area contributed by atoms with Crippen molar-refractivity contribution >= 4 is 29.3 Å². The summed E-state index contributed by atoms with van der Waals surface area (Å²) < 4.78 is 5.36. The van der Waals surface area contributed by atoms with E-state index in [4.69, 9.17) is 27.9 Å². The smallest absolute Gasteiger partial charge is 0.161 e. The first kappa shape index (κ1) is 11.2. The third-order valence-corrected chi connectivity index (χ3v) is 1.78. The van der Waals surface area contributed by atoms with Crippen LogP contribution in [-0.4, -0.2) is 11.7 Å². The summed E-state index contributed by atoms with van der Waals surface area (Å²) in [6.07, 6.45) is 1.57. The average molecular weight is 233 g/mol. The van der Waals surface area contributed by atoms with E-state index in [-0.39, 0.29) is 10.2 Å². The first-order valence-electron chi connectivity index (χ1n) is 4.12. The van der Waals surface area contributed by atoms with Crippen molar-refractivity contribution < 1.29 is 9.84 Å². The second kappa shape index (κ2) is 5.13. The van der Waals surface area contributed by atoms with E-state index in [1.54, 1.807) is 18.2 Å². The van der Waals surface area contributed by atoms with E-state index < -0.39 is 0 Å². The zero-order valence-electron chi connectivity index (χ0n) is 7.63. The molecule has 0 saturated heterocycles. The zero-order chi connectivity index (χ0) is 10.6. The largest absolute Gasteiger partial charge is 0.504 e. The van der Waals surface area contributed by atoms with Gasteiger partial charge in [0.15, 0.2) is 11.5 Å². The fourth-order valence-electron chi connectivity index (χ4n) is 1.02. The van der Waals surface area contributed by atoms with Gasteiger partial charge in [0.2, 0.25) is 0 Å². The number of rotatable bonds is 3. The molecule has 0 bridgehead atoms. The Kier molecular flexibility index (Phi) is 4.11. The van der Waals surface area contributed by atoms with Gasteiger partial charge in [0, 0.05) is 0 Å². The first-order valence-corrected chi connectivity index (χ1v) is 4.87. The molecule has 0 fully saturated rings. The van der Waals surface area contributed by atoms with Gasteiger partial charge in [-0.2, -0.15) is 0 Å². The molecule has 0 aromatic heterocycles. The molecule has 1 aromatic carbocycles. The van der Waals surface area contributed by atoms with Gasteiger partial charge < -0.3 is 9.84 Å². The molecule has 0 aliphatic heterocycles. The summed E-state index contributed by atoms with van der Waals surface area (Å²) >= 11 is 11.0. The van der Waals surface area contributed by atoms with Gasteiger partial charge in [-0.1, -0.05) is 29.3 Å². The molecule has 1 N–H and O–H groups in total. The predicted octanol–water partition coefficient (Wildman–Crippen LogP) is 3.57. The number of benzene rings is 1. The molecule has 0 atom stereocenters. The van der Waals surface area contributed by atoms with E-state index in [0.29, 0.717) is 12.4 Å². The van der Waals surface area contributed by atoms with Crippen LogP contribution >= 0.6 is 23.2 Å². The molecule has 0 aliphatic rings. The number of phenols is 1. The van der Waals surface area contributed by atoms with Gasteiger partial charge in [-0.3, -0.25) is 0 Å². The number of hydrogen-bond donors (Lipinski definition) is 1. The summed E-state index contributed by atoms with van der Waals surface area (Å²) in [5.74, 6) is 0.533. The molecule has 0 radical (unpaired) electrons. The molecular weight excluding hydrogens is 223 g/mol. The Labute approximate surface area is 92.7 Å². The highest BCUT2D eigenvalue weighted by Gasteiger charge is 2.01. The monoisotopic (exact) mass is 232 g/mol. The summed E-state index contributed by atoms with van der Waals surface area (Å²) in [5, 5.41) is 9.39. The summed E-state index contributed by atoms with van der Waals surface area (Å²) in [5.41, 5.74) is 0.784. The minimum Gasteiger partial charge on any atom is -0.504 e. The van der Waals surface area contributed by atoms with Crippen LogP contribution < -0.4 is 4.74 Å². The second-order valence-corrected chi connectivity index (χ2v) is 3.60. The Hall–Kier alpha value is -0.860. The molecule has 0 spiro atoms. The minimum atomic E-state index is 0.106. The maximum atomic E-state index is 9.39. The van der Waals surface area contributed by atoms with Crippen LogP contribution in [0.3, 0.4) is 0 Å². The Morgan fingerprint density at radius 3 is 2.79 bits per heavy atom. The lowest BCUT2D eigenvalue weighted by molar-refractivity contribution is 0.318. The molecule has 0 aliphatic carbocycles. The normalized spacial score (nSPS) is 9.64. The van der Waals surface area contributed by atoms with E-state index in [1.807, 2.05) is 6.92 Å². The van der Waals surface area contributed by atoms with E-state index in [9.17, 15) is 5.11 Å². The van der Waals surface area contributed by atoms with Crippen LogP contribution in [0.4, 0.5) is 0 Å². The van der Waals surface area contributed by atoms with Crippen LogP contribution in [0.1, 0.15) is 12.5 Å². The Morgan fingerprint density at radius 2 is 2.21 bits per heavy atom. The van der Waals surface area contributed by atoms with Crippen LogP contribution in [-0.2, 0) is 0 Å². The van der Waals surface area contributed by atoms with Crippen molar-refractivity contribution in [3.8, 4) is 11.5 Å². The lowest BCUT2D eigenvalue weighted by Gasteiger charge is -2.06. The molecule has 1 aromatic rings. The second-order valence-electron chi connectivity index (χ2n) is 2.59. The lowest BCUT2D eigenvalue weighted by atomic mass is 10.2. The summed E-state index contributed by atoms with van der Waals surface area (Å²) in [6.45, 7) is 2.34. The highest BCUT2D eigenvalue weighted by atomic mass is 35.5. The molecule has 0 saturated carbocycles. The Morgan fingerprint density at radius 1 is 1.50 bits per heavy atom. The quantitative estimate of drug-likeness (QED) is 0.864. The fourth-order valence-corrected chi connectivity index (χ4v) is 1.27. The van der Waals surface area contributed by atoms with E-state index >= 15 is 0 Å². The van der Waals surface area contributed by atoms with Gasteiger partial charge in [-0.15, -0.1) is 0 Å². The van der Waals surface area contributed by atoms with Gasteiger partial charge in [0.25, 0.3) is 0 Å². The minimum absolute atomic E-state index is 0.106. The van der Waals surface area contributed by atoms with Crippen molar-refractivity contribution in [2.45, 2.75) is 6.92 Å². The lowest BCUT2D eigenvalue weighted by Crippen LogP contribution is -1.91.